The molecule has 1 N–H and O–H groups in total. The van der Waals surface area contributed by atoms with E-state index in [2.05, 4.69) is 0 Å². The number of rotatable bonds is 2. The summed E-state index contributed by atoms with van der Waals surface area (Å²) in [4.78, 5) is 0. The van der Waals surface area contributed by atoms with Gasteiger partial charge < -0.3 is 13.9 Å². The summed E-state index contributed by atoms with van der Waals surface area (Å²) in [5, 5.41) is 11.1. The van der Waals surface area contributed by atoms with Gasteiger partial charge in [0.15, 0.2) is 11.3 Å². The van der Waals surface area contributed by atoms with Crippen LogP contribution < -0.4 is 0 Å². The molecule has 0 spiro atoms. The number of phenolic OH excluding ortho intramolecular Hbond substituents is 1. The van der Waals surface area contributed by atoms with Gasteiger partial charge in [0.05, 0.1) is 11.1 Å². The number of benzene rings is 1. The van der Waals surface area contributed by atoms with E-state index in [0.29, 0.717) is 33.4 Å². The SMILES string of the molecule is Cc1cc2c(CS(=O)(=O)Cl)c3oc(C)cc3c(O)c2o1. The second kappa shape index (κ2) is 4.17. The number of halogens is 1. The van der Waals surface area contributed by atoms with Crippen LogP contribution in [0.25, 0.3) is 21.9 Å². The molecule has 0 unspecified atom stereocenters. The van der Waals surface area contributed by atoms with Crippen molar-refractivity contribution in [3.63, 3.8) is 0 Å². The molecule has 0 aliphatic heterocycles. The monoisotopic (exact) mass is 314 g/mol. The zero-order valence-electron chi connectivity index (χ0n) is 10.7. The highest BCUT2D eigenvalue weighted by atomic mass is 35.7. The van der Waals surface area contributed by atoms with Gasteiger partial charge in [0.25, 0.3) is 0 Å². The lowest BCUT2D eigenvalue weighted by Crippen LogP contribution is -1.96. The van der Waals surface area contributed by atoms with E-state index < -0.39 is 14.8 Å². The molecule has 0 saturated carbocycles. The van der Waals surface area contributed by atoms with Gasteiger partial charge in [0.1, 0.15) is 17.1 Å². The molecule has 1 aromatic carbocycles. The molecule has 3 aromatic rings. The van der Waals surface area contributed by atoms with Crippen molar-refractivity contribution in [2.45, 2.75) is 19.6 Å². The summed E-state index contributed by atoms with van der Waals surface area (Å²) in [7, 11) is 1.59. The van der Waals surface area contributed by atoms with Crippen LogP contribution in [0.4, 0.5) is 0 Å². The summed E-state index contributed by atoms with van der Waals surface area (Å²) in [6.07, 6.45) is 0. The van der Waals surface area contributed by atoms with E-state index in [1.165, 1.54) is 0 Å². The van der Waals surface area contributed by atoms with E-state index in [9.17, 15) is 13.5 Å². The fraction of sp³-hybridized carbons (Fsp3) is 0.231. The van der Waals surface area contributed by atoms with Gasteiger partial charge in [-0.25, -0.2) is 8.42 Å². The number of phenols is 1. The van der Waals surface area contributed by atoms with Crippen LogP contribution in [-0.2, 0) is 14.8 Å². The Morgan fingerprint density at radius 3 is 2.25 bits per heavy atom. The molecule has 2 heterocycles. The van der Waals surface area contributed by atoms with Gasteiger partial charge in [0, 0.05) is 21.6 Å². The normalized spacial score (nSPS) is 12.6. The second-order valence-electron chi connectivity index (χ2n) is 4.71. The smallest absolute Gasteiger partial charge is 0.236 e. The van der Waals surface area contributed by atoms with Crippen molar-refractivity contribution < 1.29 is 22.4 Å². The first kappa shape index (κ1) is 13.3. The second-order valence-corrected chi connectivity index (χ2v) is 7.49. The molecule has 0 aliphatic carbocycles. The third-order valence-electron chi connectivity index (χ3n) is 3.10. The Labute approximate surface area is 119 Å². The van der Waals surface area contributed by atoms with E-state index in [1.54, 1.807) is 26.0 Å². The number of hydrogen-bond acceptors (Lipinski definition) is 5. The molecule has 0 bridgehead atoms. The predicted octanol–water partition coefficient (Wildman–Crippen LogP) is 3.57. The zero-order chi connectivity index (χ0) is 14.7. The highest BCUT2D eigenvalue weighted by Crippen LogP contribution is 2.41. The lowest BCUT2D eigenvalue weighted by atomic mass is 10.1. The Morgan fingerprint density at radius 1 is 1.10 bits per heavy atom. The molecule has 3 rings (SSSR count). The van der Waals surface area contributed by atoms with Crippen molar-refractivity contribution in [1.29, 1.82) is 0 Å². The van der Waals surface area contributed by atoms with E-state index in [1.807, 2.05) is 0 Å². The van der Waals surface area contributed by atoms with Crippen molar-refractivity contribution in [3.8, 4) is 5.75 Å². The number of aryl methyl sites for hydroxylation is 2. The number of furan rings is 2. The maximum absolute atomic E-state index is 11.4. The van der Waals surface area contributed by atoms with Gasteiger partial charge >= 0.3 is 0 Å². The van der Waals surface area contributed by atoms with Crippen molar-refractivity contribution in [2.24, 2.45) is 0 Å². The Morgan fingerprint density at radius 2 is 1.65 bits per heavy atom. The van der Waals surface area contributed by atoms with E-state index >= 15 is 0 Å². The molecule has 0 radical (unpaired) electrons. The molecule has 0 aliphatic rings. The van der Waals surface area contributed by atoms with Gasteiger partial charge in [-0.15, -0.1) is 0 Å². The Kier molecular flexibility index (Phi) is 2.78. The van der Waals surface area contributed by atoms with Crippen LogP contribution in [0.3, 0.4) is 0 Å². The first-order valence-corrected chi connectivity index (χ1v) is 8.30. The number of hydrogen-bond donors (Lipinski definition) is 1. The summed E-state index contributed by atoms with van der Waals surface area (Å²) >= 11 is 0. The summed E-state index contributed by atoms with van der Waals surface area (Å²) in [6.45, 7) is 3.43. The third-order valence-corrected chi connectivity index (χ3v) is 4.06. The minimum atomic E-state index is -3.77. The standard InChI is InChI=1S/C13H11ClO5S/c1-6-3-8-10(5-20(14,16)17)12-9(4-7(2)18-12)11(15)13(8)19-6/h3-4,15H,5H2,1-2H3. The van der Waals surface area contributed by atoms with Crippen LogP contribution >= 0.6 is 10.7 Å². The lowest BCUT2D eigenvalue weighted by molar-refractivity contribution is 0.466. The molecule has 106 valence electrons. The summed E-state index contributed by atoms with van der Waals surface area (Å²) in [5.41, 5.74) is 0.955. The minimum absolute atomic E-state index is 0.0596. The van der Waals surface area contributed by atoms with Crippen LogP contribution in [0, 0.1) is 13.8 Å². The van der Waals surface area contributed by atoms with Gasteiger partial charge in [0.2, 0.25) is 9.05 Å². The molecular weight excluding hydrogens is 304 g/mol. The molecule has 7 heteroatoms. The zero-order valence-corrected chi connectivity index (χ0v) is 12.3. The van der Waals surface area contributed by atoms with Gasteiger partial charge in [-0.05, 0) is 26.0 Å². The third kappa shape index (κ3) is 2.05. The van der Waals surface area contributed by atoms with Crippen LogP contribution in [0.5, 0.6) is 5.75 Å². The van der Waals surface area contributed by atoms with E-state index in [-0.39, 0.29) is 11.3 Å². The van der Waals surface area contributed by atoms with E-state index in [0.717, 1.165) is 0 Å². The lowest BCUT2D eigenvalue weighted by Gasteiger charge is -2.04. The van der Waals surface area contributed by atoms with Gasteiger partial charge in [-0.1, -0.05) is 0 Å². The highest BCUT2D eigenvalue weighted by molar-refractivity contribution is 8.13. The Bertz CT molecular complexity index is 875. The summed E-state index contributed by atoms with van der Waals surface area (Å²) < 4.78 is 33.8. The predicted molar refractivity (Wildman–Crippen MR) is 75.6 cm³/mol. The molecular formula is C13H11ClO5S. The van der Waals surface area contributed by atoms with Gasteiger partial charge in [-0.2, -0.15) is 0 Å². The maximum atomic E-state index is 11.4. The van der Waals surface area contributed by atoms with Crippen molar-refractivity contribution in [1.82, 2.24) is 0 Å². The Hall–Kier alpha value is -1.66. The molecule has 2 aromatic heterocycles. The Balaban J connectivity index is 2.51. The summed E-state index contributed by atoms with van der Waals surface area (Å²) in [5.74, 6) is 0.671. The minimum Gasteiger partial charge on any atom is -0.504 e. The first-order valence-electron chi connectivity index (χ1n) is 5.82. The van der Waals surface area contributed by atoms with Gasteiger partial charge in [-0.3, -0.25) is 0 Å². The quantitative estimate of drug-likeness (QED) is 0.731. The largest absolute Gasteiger partial charge is 0.504 e. The average Bonchev–Trinajstić information content (AvgIpc) is 2.86. The average molecular weight is 315 g/mol. The fourth-order valence-corrected chi connectivity index (χ4v) is 3.35. The van der Waals surface area contributed by atoms with Crippen LogP contribution in [-0.4, -0.2) is 13.5 Å². The molecule has 0 fully saturated rings. The first-order chi connectivity index (χ1) is 9.26. The van der Waals surface area contributed by atoms with Crippen LogP contribution in [0.2, 0.25) is 0 Å². The highest BCUT2D eigenvalue weighted by Gasteiger charge is 2.23. The summed E-state index contributed by atoms with van der Waals surface area (Å²) in [6, 6.07) is 3.29. The molecule has 0 atom stereocenters. The maximum Gasteiger partial charge on any atom is 0.236 e. The number of fused-ring (bicyclic) bond motifs is 2. The molecule has 20 heavy (non-hydrogen) atoms. The van der Waals surface area contributed by atoms with Crippen molar-refractivity contribution in [2.75, 3.05) is 0 Å². The van der Waals surface area contributed by atoms with E-state index in [4.69, 9.17) is 19.5 Å². The number of aromatic hydroxyl groups is 1. The van der Waals surface area contributed by atoms with Crippen LogP contribution in [0.1, 0.15) is 17.1 Å². The van der Waals surface area contributed by atoms with Crippen molar-refractivity contribution in [3.05, 3.63) is 29.2 Å². The topological polar surface area (TPSA) is 80.7 Å². The molecule has 0 amide bonds. The van der Waals surface area contributed by atoms with Crippen molar-refractivity contribution >= 4 is 41.7 Å². The van der Waals surface area contributed by atoms with Crippen LogP contribution in [0.15, 0.2) is 21.0 Å². The fourth-order valence-electron chi connectivity index (χ4n) is 2.39. The molecule has 0 saturated heterocycles. The molecule has 5 nitrogen and oxygen atoms in total.